The first-order valence-electron chi connectivity index (χ1n) is 3.74. The summed E-state index contributed by atoms with van der Waals surface area (Å²) in [6.45, 7) is 1.39. The van der Waals surface area contributed by atoms with E-state index in [1.165, 1.54) is 30.8 Å². The number of carbonyl (C=O) groups is 1. The Bertz CT molecular complexity index is 327. The minimum Gasteiger partial charge on any atom is -0.326 e. The van der Waals surface area contributed by atoms with E-state index < -0.39 is 0 Å². The lowest BCUT2D eigenvalue weighted by molar-refractivity contribution is -0.114. The number of hydrogen-bond donors (Lipinski definition) is 1. The van der Waals surface area contributed by atoms with E-state index >= 15 is 0 Å². The molecule has 4 heteroatoms. The SMILES string of the molecule is CSc1cc(F)cc(NC(C)=O)c1. The van der Waals surface area contributed by atoms with Crippen molar-refractivity contribution >= 4 is 23.4 Å². The van der Waals surface area contributed by atoms with E-state index in [1.54, 1.807) is 6.07 Å². The summed E-state index contributed by atoms with van der Waals surface area (Å²) >= 11 is 1.43. The summed E-state index contributed by atoms with van der Waals surface area (Å²) in [7, 11) is 0. The maximum absolute atomic E-state index is 12.9. The van der Waals surface area contributed by atoms with E-state index in [-0.39, 0.29) is 11.7 Å². The molecule has 0 aliphatic carbocycles. The van der Waals surface area contributed by atoms with Crippen LogP contribution in [0.25, 0.3) is 0 Å². The lowest BCUT2D eigenvalue weighted by Crippen LogP contribution is -2.05. The Balaban J connectivity index is 2.94. The number of anilines is 1. The molecular formula is C9H10FNOS. The highest BCUT2D eigenvalue weighted by Crippen LogP contribution is 2.21. The number of rotatable bonds is 2. The molecule has 1 aromatic carbocycles. The van der Waals surface area contributed by atoms with Gasteiger partial charge in [-0.25, -0.2) is 4.39 Å². The third-order valence-corrected chi connectivity index (χ3v) is 2.13. The van der Waals surface area contributed by atoms with Crippen LogP contribution in [0.1, 0.15) is 6.92 Å². The summed E-state index contributed by atoms with van der Waals surface area (Å²) in [5.41, 5.74) is 0.497. The predicted octanol–water partition coefficient (Wildman–Crippen LogP) is 2.51. The highest BCUT2D eigenvalue weighted by atomic mass is 32.2. The minimum atomic E-state index is -0.337. The maximum atomic E-state index is 12.9. The fourth-order valence-electron chi connectivity index (χ4n) is 0.956. The van der Waals surface area contributed by atoms with Crippen molar-refractivity contribution in [3.63, 3.8) is 0 Å². The van der Waals surface area contributed by atoms with Crippen molar-refractivity contribution in [2.24, 2.45) is 0 Å². The van der Waals surface area contributed by atoms with E-state index in [1.807, 2.05) is 6.26 Å². The Morgan fingerprint density at radius 3 is 2.69 bits per heavy atom. The molecule has 0 atom stereocenters. The lowest BCUT2D eigenvalue weighted by atomic mass is 10.3. The zero-order chi connectivity index (χ0) is 9.84. The van der Waals surface area contributed by atoms with E-state index in [0.29, 0.717) is 5.69 Å². The topological polar surface area (TPSA) is 29.1 Å². The van der Waals surface area contributed by atoms with Gasteiger partial charge in [-0.05, 0) is 24.5 Å². The summed E-state index contributed by atoms with van der Waals surface area (Å²) in [6, 6.07) is 4.45. The molecule has 0 saturated carbocycles. The highest BCUT2D eigenvalue weighted by molar-refractivity contribution is 7.98. The van der Waals surface area contributed by atoms with Gasteiger partial charge in [-0.1, -0.05) is 0 Å². The van der Waals surface area contributed by atoms with Gasteiger partial charge in [0.15, 0.2) is 0 Å². The third-order valence-electron chi connectivity index (χ3n) is 1.43. The number of hydrogen-bond acceptors (Lipinski definition) is 2. The molecule has 0 aromatic heterocycles. The first-order chi connectivity index (χ1) is 6.11. The van der Waals surface area contributed by atoms with Crippen LogP contribution in [-0.2, 0) is 4.79 Å². The summed E-state index contributed by atoms with van der Waals surface area (Å²) < 4.78 is 12.9. The average molecular weight is 199 g/mol. The first kappa shape index (κ1) is 10.1. The summed E-state index contributed by atoms with van der Waals surface area (Å²) in [6.07, 6.45) is 1.85. The van der Waals surface area contributed by atoms with E-state index in [4.69, 9.17) is 0 Å². The van der Waals surface area contributed by atoms with Crippen LogP contribution in [0, 0.1) is 5.82 Å². The second-order valence-electron chi connectivity index (χ2n) is 2.56. The van der Waals surface area contributed by atoms with E-state index in [0.717, 1.165) is 4.90 Å². The van der Waals surface area contributed by atoms with Crippen molar-refractivity contribution in [3.05, 3.63) is 24.0 Å². The van der Waals surface area contributed by atoms with Crippen LogP contribution in [0.3, 0.4) is 0 Å². The number of carbonyl (C=O) groups excluding carboxylic acids is 1. The molecule has 0 unspecified atom stereocenters. The van der Waals surface area contributed by atoms with Crippen molar-refractivity contribution in [1.82, 2.24) is 0 Å². The van der Waals surface area contributed by atoms with Gasteiger partial charge in [0.05, 0.1) is 0 Å². The van der Waals surface area contributed by atoms with Crippen molar-refractivity contribution in [2.45, 2.75) is 11.8 Å². The Hall–Kier alpha value is -1.03. The average Bonchev–Trinajstić information content (AvgIpc) is 2.01. The molecule has 0 aliphatic rings. The minimum absolute atomic E-state index is 0.197. The smallest absolute Gasteiger partial charge is 0.221 e. The van der Waals surface area contributed by atoms with Crippen LogP contribution in [-0.4, -0.2) is 12.2 Å². The molecule has 1 rings (SSSR count). The molecule has 0 bridgehead atoms. The highest BCUT2D eigenvalue weighted by Gasteiger charge is 2.00. The second kappa shape index (κ2) is 4.28. The third kappa shape index (κ3) is 3.06. The molecule has 1 N–H and O–H groups in total. The van der Waals surface area contributed by atoms with Crippen molar-refractivity contribution in [3.8, 4) is 0 Å². The Morgan fingerprint density at radius 1 is 1.46 bits per heavy atom. The molecule has 1 aromatic rings. The molecule has 0 heterocycles. The van der Waals surface area contributed by atoms with Gasteiger partial charge >= 0.3 is 0 Å². The molecule has 1 amide bonds. The Morgan fingerprint density at radius 2 is 2.15 bits per heavy atom. The lowest BCUT2D eigenvalue weighted by Gasteiger charge is -2.04. The summed E-state index contributed by atoms with van der Waals surface area (Å²) in [5, 5.41) is 2.53. The van der Waals surface area contributed by atoms with Crippen LogP contribution < -0.4 is 5.32 Å². The molecule has 0 aliphatic heterocycles. The van der Waals surface area contributed by atoms with Gasteiger partial charge in [-0.15, -0.1) is 11.8 Å². The van der Waals surface area contributed by atoms with Gasteiger partial charge in [0.2, 0.25) is 5.91 Å². The van der Waals surface area contributed by atoms with Gasteiger partial charge in [0.1, 0.15) is 5.82 Å². The molecule has 70 valence electrons. The van der Waals surface area contributed by atoms with Crippen LogP contribution in [0.4, 0.5) is 10.1 Å². The molecule has 13 heavy (non-hydrogen) atoms. The monoisotopic (exact) mass is 199 g/mol. The van der Waals surface area contributed by atoms with Gasteiger partial charge < -0.3 is 5.32 Å². The molecule has 0 saturated heterocycles. The second-order valence-corrected chi connectivity index (χ2v) is 3.44. The zero-order valence-corrected chi connectivity index (χ0v) is 8.24. The fraction of sp³-hybridized carbons (Fsp3) is 0.222. The Kier molecular flexibility index (Phi) is 3.31. The number of halogens is 1. The first-order valence-corrected chi connectivity index (χ1v) is 4.96. The summed E-state index contributed by atoms with van der Waals surface area (Å²) in [4.78, 5) is 11.5. The number of thioether (sulfide) groups is 1. The number of nitrogens with one attached hydrogen (secondary N) is 1. The zero-order valence-electron chi connectivity index (χ0n) is 7.43. The quantitative estimate of drug-likeness (QED) is 0.741. The van der Waals surface area contributed by atoms with Gasteiger partial charge in [0.25, 0.3) is 0 Å². The molecule has 0 fully saturated rings. The van der Waals surface area contributed by atoms with Gasteiger partial charge in [-0.2, -0.15) is 0 Å². The van der Waals surface area contributed by atoms with Gasteiger partial charge in [0, 0.05) is 17.5 Å². The number of amides is 1. The standard InChI is InChI=1S/C9H10FNOS/c1-6(12)11-8-3-7(10)4-9(5-8)13-2/h3-5H,1-2H3,(H,11,12). The van der Waals surface area contributed by atoms with Crippen LogP contribution in [0.5, 0.6) is 0 Å². The number of benzene rings is 1. The Labute approximate surface area is 80.5 Å². The van der Waals surface area contributed by atoms with E-state index in [2.05, 4.69) is 5.32 Å². The van der Waals surface area contributed by atoms with Crippen molar-refractivity contribution < 1.29 is 9.18 Å². The largest absolute Gasteiger partial charge is 0.326 e. The summed E-state index contributed by atoms with van der Waals surface area (Å²) in [5.74, 6) is -0.534. The van der Waals surface area contributed by atoms with Crippen LogP contribution in [0.2, 0.25) is 0 Å². The van der Waals surface area contributed by atoms with Crippen LogP contribution >= 0.6 is 11.8 Å². The van der Waals surface area contributed by atoms with Gasteiger partial charge in [-0.3, -0.25) is 4.79 Å². The molecule has 0 spiro atoms. The molecule has 0 radical (unpaired) electrons. The maximum Gasteiger partial charge on any atom is 0.221 e. The van der Waals surface area contributed by atoms with Crippen molar-refractivity contribution in [2.75, 3.05) is 11.6 Å². The molecular weight excluding hydrogens is 189 g/mol. The van der Waals surface area contributed by atoms with Crippen LogP contribution in [0.15, 0.2) is 23.1 Å². The molecule has 2 nitrogen and oxygen atoms in total. The predicted molar refractivity (Wildman–Crippen MR) is 52.5 cm³/mol. The fourth-order valence-corrected chi connectivity index (χ4v) is 1.43. The van der Waals surface area contributed by atoms with Crippen molar-refractivity contribution in [1.29, 1.82) is 0 Å². The normalized spacial score (nSPS) is 9.77. The van der Waals surface area contributed by atoms with E-state index in [9.17, 15) is 9.18 Å².